The van der Waals surface area contributed by atoms with Gasteiger partial charge in [-0.2, -0.15) is 11.8 Å². The largest absolute Gasteiger partial charge is 0.381 e. The first kappa shape index (κ1) is 16.7. The third-order valence-corrected chi connectivity index (χ3v) is 5.93. The second-order valence-corrected chi connectivity index (χ2v) is 8.18. The van der Waals surface area contributed by atoms with Gasteiger partial charge in [-0.15, -0.1) is 0 Å². The van der Waals surface area contributed by atoms with Crippen molar-refractivity contribution in [3.05, 3.63) is 35.6 Å². The van der Waals surface area contributed by atoms with Crippen LogP contribution >= 0.6 is 11.8 Å². The summed E-state index contributed by atoms with van der Waals surface area (Å²) in [5, 5.41) is 0.562. The third kappa shape index (κ3) is 6.34. The molecule has 0 unspecified atom stereocenters. The monoisotopic (exact) mass is 333 g/mol. The van der Waals surface area contributed by atoms with E-state index in [0.717, 1.165) is 31.8 Å². The van der Waals surface area contributed by atoms with E-state index in [4.69, 9.17) is 4.74 Å². The molecule has 1 aliphatic heterocycles. The van der Waals surface area contributed by atoms with E-state index in [1.807, 2.05) is 0 Å². The number of hydrogen-bond donors (Lipinski definition) is 1. The Bertz CT molecular complexity index is 545. The van der Waals surface area contributed by atoms with Crippen molar-refractivity contribution in [2.45, 2.75) is 23.8 Å². The van der Waals surface area contributed by atoms with Gasteiger partial charge in [0.2, 0.25) is 10.0 Å². The molecule has 4 nitrogen and oxygen atoms in total. The molecule has 1 aromatic carbocycles. The average molecular weight is 333 g/mol. The number of thioether (sulfide) groups is 1. The molecule has 0 atom stereocenters. The van der Waals surface area contributed by atoms with Crippen molar-refractivity contribution in [1.82, 2.24) is 4.72 Å². The van der Waals surface area contributed by atoms with Crippen LogP contribution in [0.2, 0.25) is 0 Å². The first-order valence-electron chi connectivity index (χ1n) is 6.96. The lowest BCUT2D eigenvalue weighted by Crippen LogP contribution is -2.28. The Morgan fingerprint density at radius 3 is 2.81 bits per heavy atom. The minimum atomic E-state index is -3.41. The summed E-state index contributed by atoms with van der Waals surface area (Å²) in [6.07, 6.45) is 2.06. The quantitative estimate of drug-likeness (QED) is 0.777. The van der Waals surface area contributed by atoms with Crippen LogP contribution in [0.15, 0.2) is 24.3 Å². The van der Waals surface area contributed by atoms with Crippen LogP contribution in [0.5, 0.6) is 0 Å². The Morgan fingerprint density at radius 1 is 1.33 bits per heavy atom. The predicted molar refractivity (Wildman–Crippen MR) is 83.3 cm³/mol. The average Bonchev–Trinajstić information content (AvgIpc) is 2.44. The molecule has 2 rings (SSSR count). The maximum Gasteiger partial charge on any atom is 0.215 e. The molecule has 7 heteroatoms. The van der Waals surface area contributed by atoms with E-state index in [-0.39, 0.29) is 5.75 Å². The van der Waals surface area contributed by atoms with Crippen molar-refractivity contribution in [1.29, 1.82) is 0 Å². The summed E-state index contributed by atoms with van der Waals surface area (Å²) in [4.78, 5) is 0. The molecule has 1 aliphatic rings. The van der Waals surface area contributed by atoms with Gasteiger partial charge in [0.15, 0.2) is 0 Å². The topological polar surface area (TPSA) is 55.4 Å². The molecule has 1 N–H and O–H groups in total. The summed E-state index contributed by atoms with van der Waals surface area (Å²) in [6, 6.07) is 5.67. The second kappa shape index (κ2) is 8.12. The van der Waals surface area contributed by atoms with Gasteiger partial charge in [-0.25, -0.2) is 17.5 Å². The summed E-state index contributed by atoms with van der Waals surface area (Å²) in [6.45, 7) is 1.99. The Labute approximate surface area is 129 Å². The molecule has 21 heavy (non-hydrogen) atoms. The van der Waals surface area contributed by atoms with Crippen LogP contribution in [0.25, 0.3) is 0 Å². The molecule has 1 saturated heterocycles. The van der Waals surface area contributed by atoms with Crippen molar-refractivity contribution in [3.8, 4) is 0 Å². The van der Waals surface area contributed by atoms with Gasteiger partial charge in [-0.05, 0) is 30.5 Å². The van der Waals surface area contributed by atoms with Crippen molar-refractivity contribution in [2.75, 3.05) is 25.5 Å². The number of hydrogen-bond acceptors (Lipinski definition) is 4. The number of sulfonamides is 1. The van der Waals surface area contributed by atoms with Crippen LogP contribution in [-0.2, 0) is 20.5 Å². The molecule has 1 fully saturated rings. The zero-order valence-electron chi connectivity index (χ0n) is 11.8. The molecule has 0 saturated carbocycles. The minimum absolute atomic E-state index is 0.188. The van der Waals surface area contributed by atoms with Gasteiger partial charge in [0, 0.05) is 30.8 Å². The molecule has 0 amide bonds. The fourth-order valence-corrected chi connectivity index (χ4v) is 4.50. The smallest absolute Gasteiger partial charge is 0.215 e. The van der Waals surface area contributed by atoms with Crippen molar-refractivity contribution in [3.63, 3.8) is 0 Å². The summed E-state index contributed by atoms with van der Waals surface area (Å²) in [7, 11) is -3.41. The molecular weight excluding hydrogens is 313 g/mol. The fourth-order valence-electron chi connectivity index (χ4n) is 2.16. The van der Waals surface area contributed by atoms with E-state index in [1.165, 1.54) is 18.2 Å². The lowest BCUT2D eigenvalue weighted by atomic mass is 10.2. The summed E-state index contributed by atoms with van der Waals surface area (Å²) < 4.78 is 44.7. The molecular formula is C14H20FNO3S2. The van der Waals surface area contributed by atoms with Gasteiger partial charge in [-0.1, -0.05) is 12.1 Å². The standard InChI is InChI=1S/C14H20FNO3S2/c15-13-3-1-2-12(10-13)11-21(17,18)16-6-9-20-14-4-7-19-8-5-14/h1-3,10,14,16H,4-9,11H2. The lowest BCUT2D eigenvalue weighted by Gasteiger charge is -2.21. The van der Waals surface area contributed by atoms with Gasteiger partial charge in [0.05, 0.1) is 5.75 Å². The van der Waals surface area contributed by atoms with E-state index >= 15 is 0 Å². The minimum Gasteiger partial charge on any atom is -0.381 e. The molecule has 1 aromatic rings. The SMILES string of the molecule is O=S(=O)(Cc1cccc(F)c1)NCCSC1CCOCC1. The maximum absolute atomic E-state index is 13.0. The Kier molecular flexibility index (Phi) is 6.47. The first-order chi connectivity index (χ1) is 10.1. The predicted octanol–water partition coefficient (Wildman–Crippen LogP) is 2.16. The molecule has 0 bridgehead atoms. The van der Waals surface area contributed by atoms with Crippen LogP contribution < -0.4 is 4.72 Å². The van der Waals surface area contributed by atoms with Gasteiger partial charge in [0.1, 0.15) is 5.82 Å². The highest BCUT2D eigenvalue weighted by atomic mass is 32.2. The zero-order chi connectivity index (χ0) is 15.1. The molecule has 0 spiro atoms. The van der Waals surface area contributed by atoms with E-state index in [0.29, 0.717) is 17.4 Å². The normalized spacial score (nSPS) is 17.0. The Hall–Kier alpha value is -0.630. The van der Waals surface area contributed by atoms with Gasteiger partial charge >= 0.3 is 0 Å². The van der Waals surface area contributed by atoms with E-state index < -0.39 is 15.8 Å². The number of ether oxygens (including phenoxy) is 1. The molecule has 1 heterocycles. The van der Waals surface area contributed by atoms with Crippen LogP contribution in [0.3, 0.4) is 0 Å². The van der Waals surface area contributed by atoms with E-state index in [9.17, 15) is 12.8 Å². The number of halogens is 1. The maximum atomic E-state index is 13.0. The summed E-state index contributed by atoms with van der Waals surface area (Å²) >= 11 is 1.78. The van der Waals surface area contributed by atoms with Gasteiger partial charge in [-0.3, -0.25) is 0 Å². The van der Waals surface area contributed by atoms with Crippen LogP contribution in [0.1, 0.15) is 18.4 Å². The molecule has 118 valence electrons. The molecule has 0 aromatic heterocycles. The number of rotatable bonds is 7. The van der Waals surface area contributed by atoms with Crippen LogP contribution in [-0.4, -0.2) is 39.2 Å². The van der Waals surface area contributed by atoms with E-state index in [2.05, 4.69) is 4.72 Å². The summed E-state index contributed by atoms with van der Waals surface area (Å²) in [5.41, 5.74) is 0.458. The first-order valence-corrected chi connectivity index (χ1v) is 9.66. The van der Waals surface area contributed by atoms with Gasteiger partial charge < -0.3 is 4.74 Å². The van der Waals surface area contributed by atoms with Crippen LogP contribution in [0.4, 0.5) is 4.39 Å². The fraction of sp³-hybridized carbons (Fsp3) is 0.571. The number of benzene rings is 1. The highest BCUT2D eigenvalue weighted by molar-refractivity contribution is 8.00. The highest BCUT2D eigenvalue weighted by Crippen LogP contribution is 2.21. The van der Waals surface area contributed by atoms with Gasteiger partial charge in [0.25, 0.3) is 0 Å². The number of nitrogens with one attached hydrogen (secondary N) is 1. The third-order valence-electron chi connectivity index (χ3n) is 3.19. The second-order valence-electron chi connectivity index (χ2n) is 4.97. The lowest BCUT2D eigenvalue weighted by molar-refractivity contribution is 0.100. The summed E-state index contributed by atoms with van der Waals surface area (Å²) in [5.74, 6) is 0.137. The zero-order valence-corrected chi connectivity index (χ0v) is 13.4. The van der Waals surface area contributed by atoms with Crippen molar-refractivity contribution < 1.29 is 17.5 Å². The van der Waals surface area contributed by atoms with Crippen molar-refractivity contribution >= 4 is 21.8 Å². The van der Waals surface area contributed by atoms with Crippen LogP contribution in [0, 0.1) is 5.82 Å². The Morgan fingerprint density at radius 2 is 2.10 bits per heavy atom. The Balaban J connectivity index is 1.71. The van der Waals surface area contributed by atoms with E-state index in [1.54, 1.807) is 17.8 Å². The van der Waals surface area contributed by atoms with Crippen molar-refractivity contribution in [2.24, 2.45) is 0 Å². The molecule has 0 radical (unpaired) electrons. The molecule has 0 aliphatic carbocycles. The highest BCUT2D eigenvalue weighted by Gasteiger charge is 2.15.